The zero-order valence-electron chi connectivity index (χ0n) is 14.1. The average molecular weight is 326 g/mol. The Morgan fingerprint density at radius 3 is 2.46 bits per heavy atom. The molecule has 0 radical (unpaired) electrons. The summed E-state index contributed by atoms with van der Waals surface area (Å²) in [5.41, 5.74) is 1.81. The monoisotopic (exact) mass is 326 g/mol. The maximum atomic E-state index is 12.3. The van der Waals surface area contributed by atoms with Crippen LogP contribution in [0.15, 0.2) is 36.4 Å². The van der Waals surface area contributed by atoms with Crippen LogP contribution in [0.2, 0.25) is 0 Å². The third-order valence-electron chi connectivity index (χ3n) is 4.49. The molecule has 0 spiro atoms. The van der Waals surface area contributed by atoms with Gasteiger partial charge in [-0.2, -0.15) is 5.10 Å². The van der Waals surface area contributed by atoms with Crippen LogP contribution in [-0.2, 0) is 16.6 Å². The van der Waals surface area contributed by atoms with Crippen molar-refractivity contribution in [3.8, 4) is 0 Å². The zero-order valence-corrected chi connectivity index (χ0v) is 14.1. The lowest BCUT2D eigenvalue weighted by Crippen LogP contribution is -2.39. The molecule has 3 atom stereocenters. The van der Waals surface area contributed by atoms with E-state index in [4.69, 9.17) is 0 Å². The number of hydrogen-bond acceptors (Lipinski definition) is 3. The van der Waals surface area contributed by atoms with Gasteiger partial charge in [-0.05, 0) is 30.7 Å². The summed E-state index contributed by atoms with van der Waals surface area (Å²) in [7, 11) is 1.72. The van der Waals surface area contributed by atoms with Crippen molar-refractivity contribution >= 4 is 17.6 Å². The van der Waals surface area contributed by atoms with Crippen molar-refractivity contribution in [1.82, 2.24) is 15.1 Å². The predicted octanol–water partition coefficient (Wildman–Crippen LogP) is 2.18. The number of amides is 2. The topological polar surface area (TPSA) is 76.0 Å². The second-order valence-corrected chi connectivity index (χ2v) is 6.49. The summed E-state index contributed by atoms with van der Waals surface area (Å²) in [6.45, 7) is 3.99. The van der Waals surface area contributed by atoms with E-state index < -0.39 is 11.8 Å². The second kappa shape index (κ2) is 6.47. The van der Waals surface area contributed by atoms with Gasteiger partial charge < -0.3 is 10.6 Å². The third-order valence-corrected chi connectivity index (χ3v) is 4.49. The molecular weight excluding hydrogens is 304 g/mol. The smallest absolute Gasteiger partial charge is 0.314 e. The Kier molecular flexibility index (Phi) is 4.38. The number of benzene rings is 1. The zero-order chi connectivity index (χ0) is 17.3. The van der Waals surface area contributed by atoms with Crippen LogP contribution in [-0.4, -0.2) is 21.6 Å². The van der Waals surface area contributed by atoms with Gasteiger partial charge in [-0.25, -0.2) is 0 Å². The number of rotatable bonds is 4. The number of nitrogens with zero attached hydrogens (tertiary/aromatic N) is 2. The molecule has 0 saturated heterocycles. The van der Waals surface area contributed by atoms with Gasteiger partial charge in [0.05, 0.1) is 11.7 Å². The van der Waals surface area contributed by atoms with Crippen molar-refractivity contribution in [2.75, 3.05) is 5.32 Å². The molecule has 1 heterocycles. The minimum atomic E-state index is -0.674. The van der Waals surface area contributed by atoms with Crippen LogP contribution < -0.4 is 10.6 Å². The molecule has 1 aromatic carbocycles. The van der Waals surface area contributed by atoms with Crippen LogP contribution in [0.25, 0.3) is 0 Å². The maximum absolute atomic E-state index is 12.3. The van der Waals surface area contributed by atoms with E-state index in [0.29, 0.717) is 17.7 Å². The number of anilines is 1. The van der Waals surface area contributed by atoms with Crippen molar-refractivity contribution in [1.29, 1.82) is 0 Å². The molecule has 126 valence electrons. The van der Waals surface area contributed by atoms with E-state index in [9.17, 15) is 9.59 Å². The van der Waals surface area contributed by atoms with Gasteiger partial charge in [0.25, 0.3) is 0 Å². The summed E-state index contributed by atoms with van der Waals surface area (Å²) in [4.78, 5) is 24.5. The van der Waals surface area contributed by atoms with Crippen LogP contribution in [0, 0.1) is 18.8 Å². The second-order valence-electron chi connectivity index (χ2n) is 6.49. The normalized spacial score (nSPS) is 20.3. The fraction of sp³-hybridized carbons (Fsp3) is 0.389. The highest BCUT2D eigenvalue weighted by Crippen LogP contribution is 2.46. The van der Waals surface area contributed by atoms with Gasteiger partial charge in [0.1, 0.15) is 5.82 Å². The quantitative estimate of drug-likeness (QED) is 0.846. The lowest BCUT2D eigenvalue weighted by Gasteiger charge is -2.19. The van der Waals surface area contributed by atoms with Gasteiger partial charge in [0.15, 0.2) is 0 Å². The Balaban J connectivity index is 1.69. The molecule has 24 heavy (non-hydrogen) atoms. The Hall–Kier alpha value is -2.63. The standard InChI is InChI=1S/C18H22N4O2/c1-11-9-14(11)16(13-7-5-4-6-8-13)20-18(24)17(23)19-15-10-12(2)21-22(15)3/h4-8,10-11,14,16H,9H2,1-3H3,(H,19,23)(H,20,24)/t11-,14+,16-/m1/s1. The number of hydrogen-bond donors (Lipinski definition) is 2. The fourth-order valence-electron chi connectivity index (χ4n) is 3.02. The maximum Gasteiger partial charge on any atom is 0.314 e. The summed E-state index contributed by atoms with van der Waals surface area (Å²) in [6, 6.07) is 11.4. The van der Waals surface area contributed by atoms with Crippen LogP contribution in [0.3, 0.4) is 0 Å². The van der Waals surface area contributed by atoms with E-state index in [0.717, 1.165) is 17.7 Å². The molecule has 1 aliphatic rings. The Morgan fingerprint density at radius 2 is 1.92 bits per heavy atom. The molecule has 1 aliphatic carbocycles. The van der Waals surface area contributed by atoms with Crippen molar-refractivity contribution in [3.63, 3.8) is 0 Å². The van der Waals surface area contributed by atoms with E-state index in [1.807, 2.05) is 37.3 Å². The average Bonchev–Trinajstić information content (AvgIpc) is 3.19. The molecule has 1 fully saturated rings. The van der Waals surface area contributed by atoms with Gasteiger partial charge in [-0.15, -0.1) is 0 Å². The highest BCUT2D eigenvalue weighted by atomic mass is 16.2. The SMILES string of the molecule is Cc1cc(NC(=O)C(=O)N[C@H](c2ccccc2)[C@H]2C[C@H]2C)n(C)n1. The van der Waals surface area contributed by atoms with Crippen LogP contribution in [0.4, 0.5) is 5.82 Å². The van der Waals surface area contributed by atoms with E-state index >= 15 is 0 Å². The van der Waals surface area contributed by atoms with Crippen molar-refractivity contribution in [2.24, 2.45) is 18.9 Å². The first kappa shape index (κ1) is 16.2. The molecule has 2 N–H and O–H groups in total. The number of aromatic nitrogens is 2. The van der Waals surface area contributed by atoms with Gasteiger partial charge >= 0.3 is 11.8 Å². The number of aryl methyl sites for hydroxylation is 2. The molecule has 0 aliphatic heterocycles. The Labute approximate surface area is 141 Å². The molecule has 1 aromatic heterocycles. The van der Waals surface area contributed by atoms with Gasteiger partial charge in [0.2, 0.25) is 0 Å². The lowest BCUT2D eigenvalue weighted by atomic mass is 10.0. The Morgan fingerprint density at radius 1 is 1.25 bits per heavy atom. The van der Waals surface area contributed by atoms with Crippen molar-refractivity contribution in [2.45, 2.75) is 26.3 Å². The van der Waals surface area contributed by atoms with Gasteiger partial charge in [-0.1, -0.05) is 37.3 Å². The summed E-state index contributed by atoms with van der Waals surface area (Å²) < 4.78 is 1.54. The summed E-state index contributed by atoms with van der Waals surface area (Å²) in [6.07, 6.45) is 1.06. The van der Waals surface area contributed by atoms with E-state index in [1.165, 1.54) is 4.68 Å². The highest BCUT2D eigenvalue weighted by molar-refractivity contribution is 6.39. The van der Waals surface area contributed by atoms with Gasteiger partial charge in [0, 0.05) is 13.1 Å². The van der Waals surface area contributed by atoms with Crippen LogP contribution in [0.5, 0.6) is 0 Å². The third kappa shape index (κ3) is 3.48. The van der Waals surface area contributed by atoms with Crippen LogP contribution >= 0.6 is 0 Å². The van der Waals surface area contributed by atoms with E-state index in [-0.39, 0.29) is 6.04 Å². The molecular formula is C18H22N4O2. The first-order valence-corrected chi connectivity index (χ1v) is 8.13. The van der Waals surface area contributed by atoms with Crippen molar-refractivity contribution in [3.05, 3.63) is 47.7 Å². The van der Waals surface area contributed by atoms with E-state index in [1.54, 1.807) is 13.1 Å². The first-order valence-electron chi connectivity index (χ1n) is 8.13. The summed E-state index contributed by atoms with van der Waals surface area (Å²) in [5, 5.41) is 9.65. The minimum Gasteiger partial charge on any atom is -0.341 e. The fourth-order valence-corrected chi connectivity index (χ4v) is 3.02. The summed E-state index contributed by atoms with van der Waals surface area (Å²) >= 11 is 0. The van der Waals surface area contributed by atoms with Gasteiger partial charge in [-0.3, -0.25) is 14.3 Å². The number of carbonyl (C=O) groups excluding carboxylic acids is 2. The summed E-state index contributed by atoms with van der Waals surface area (Å²) in [5.74, 6) is 0.138. The van der Waals surface area contributed by atoms with E-state index in [2.05, 4.69) is 22.7 Å². The molecule has 1 saturated carbocycles. The lowest BCUT2D eigenvalue weighted by molar-refractivity contribution is -0.136. The Bertz CT molecular complexity index is 754. The first-order chi connectivity index (χ1) is 11.5. The van der Waals surface area contributed by atoms with Crippen LogP contribution in [0.1, 0.15) is 30.6 Å². The number of carbonyl (C=O) groups is 2. The highest BCUT2D eigenvalue weighted by Gasteiger charge is 2.41. The molecule has 3 rings (SSSR count). The number of nitrogens with one attached hydrogen (secondary N) is 2. The minimum absolute atomic E-state index is 0.132. The molecule has 2 amide bonds. The van der Waals surface area contributed by atoms with Crippen molar-refractivity contribution < 1.29 is 9.59 Å². The largest absolute Gasteiger partial charge is 0.341 e. The molecule has 0 unspecified atom stereocenters. The molecule has 6 heteroatoms. The predicted molar refractivity (Wildman–Crippen MR) is 91.2 cm³/mol. The molecule has 0 bridgehead atoms. The molecule has 2 aromatic rings. The molecule has 6 nitrogen and oxygen atoms in total.